The first-order valence-corrected chi connectivity index (χ1v) is 6.31. The zero-order chi connectivity index (χ0) is 12.7. The molecule has 1 aliphatic rings. The van der Waals surface area contributed by atoms with E-state index in [-0.39, 0.29) is 11.8 Å². The number of methoxy groups -OCH3 is 1. The summed E-state index contributed by atoms with van der Waals surface area (Å²) in [4.78, 5) is 14.0. The second-order valence-electron chi connectivity index (χ2n) is 4.83. The van der Waals surface area contributed by atoms with Crippen LogP contribution in [0.5, 0.6) is 0 Å². The highest BCUT2D eigenvalue weighted by atomic mass is 16.5. The van der Waals surface area contributed by atoms with Crippen LogP contribution < -0.4 is 10.6 Å². The van der Waals surface area contributed by atoms with Gasteiger partial charge < -0.3 is 20.3 Å². The van der Waals surface area contributed by atoms with Crippen molar-refractivity contribution in [3.8, 4) is 0 Å². The maximum absolute atomic E-state index is 11.9. The van der Waals surface area contributed by atoms with Crippen molar-refractivity contribution in [2.24, 2.45) is 11.8 Å². The Morgan fingerprint density at radius 2 is 2.24 bits per heavy atom. The molecule has 2 atom stereocenters. The van der Waals surface area contributed by atoms with Gasteiger partial charge in [-0.1, -0.05) is 6.92 Å². The zero-order valence-electron chi connectivity index (χ0n) is 11.2. The van der Waals surface area contributed by atoms with Crippen LogP contribution in [0.2, 0.25) is 0 Å². The summed E-state index contributed by atoms with van der Waals surface area (Å²) >= 11 is 0. The minimum Gasteiger partial charge on any atom is -0.383 e. The van der Waals surface area contributed by atoms with Crippen molar-refractivity contribution in [1.29, 1.82) is 0 Å². The molecule has 0 bridgehead atoms. The highest BCUT2D eigenvalue weighted by Crippen LogP contribution is 2.15. The molecule has 1 fully saturated rings. The third kappa shape index (κ3) is 5.02. The molecule has 1 aliphatic heterocycles. The summed E-state index contributed by atoms with van der Waals surface area (Å²) in [6, 6.07) is 0. The van der Waals surface area contributed by atoms with Crippen LogP contribution in [-0.2, 0) is 9.53 Å². The number of hydrogen-bond acceptors (Lipinski definition) is 4. The van der Waals surface area contributed by atoms with Gasteiger partial charge in [-0.15, -0.1) is 0 Å². The maximum atomic E-state index is 11.9. The van der Waals surface area contributed by atoms with Gasteiger partial charge in [0.2, 0.25) is 5.91 Å². The minimum atomic E-state index is 0.138. The quantitative estimate of drug-likeness (QED) is 0.635. The molecule has 1 amide bonds. The number of amides is 1. The molecule has 1 heterocycles. The Morgan fingerprint density at radius 1 is 1.47 bits per heavy atom. The number of rotatable bonds is 7. The highest BCUT2D eigenvalue weighted by Gasteiger charge is 2.28. The number of nitrogens with one attached hydrogen (secondary N) is 2. The third-order valence-electron chi connectivity index (χ3n) is 3.32. The first-order valence-electron chi connectivity index (χ1n) is 6.31. The van der Waals surface area contributed by atoms with E-state index in [2.05, 4.69) is 22.5 Å². The lowest BCUT2D eigenvalue weighted by atomic mass is 9.97. The van der Waals surface area contributed by atoms with Gasteiger partial charge in [0.25, 0.3) is 0 Å². The molecule has 2 N–H and O–H groups in total. The van der Waals surface area contributed by atoms with Gasteiger partial charge in [0.1, 0.15) is 0 Å². The standard InChI is InChI=1S/C12H25N3O2/c1-10-8-13-9-11(10)12(16)14-4-5-15(2)6-7-17-3/h10-11,13H,4-9H2,1-3H3,(H,14,16). The smallest absolute Gasteiger partial charge is 0.224 e. The number of carbonyl (C=O) groups is 1. The molecule has 1 saturated heterocycles. The molecule has 1 rings (SSSR count). The summed E-state index contributed by atoms with van der Waals surface area (Å²) in [7, 11) is 3.73. The molecule has 2 unspecified atom stereocenters. The van der Waals surface area contributed by atoms with E-state index in [1.807, 2.05) is 7.05 Å². The van der Waals surface area contributed by atoms with Gasteiger partial charge in [-0.05, 0) is 19.5 Å². The van der Waals surface area contributed by atoms with Crippen LogP contribution in [0.15, 0.2) is 0 Å². The topological polar surface area (TPSA) is 53.6 Å². The van der Waals surface area contributed by atoms with Gasteiger partial charge in [-0.3, -0.25) is 4.79 Å². The highest BCUT2D eigenvalue weighted by molar-refractivity contribution is 5.79. The van der Waals surface area contributed by atoms with Crippen molar-refractivity contribution in [2.75, 3.05) is 53.5 Å². The van der Waals surface area contributed by atoms with Crippen molar-refractivity contribution >= 4 is 5.91 Å². The normalized spacial score (nSPS) is 24.2. The van der Waals surface area contributed by atoms with E-state index in [1.165, 1.54) is 0 Å². The Bertz CT molecular complexity index is 236. The number of nitrogens with zero attached hydrogens (tertiary/aromatic N) is 1. The predicted molar refractivity (Wildman–Crippen MR) is 67.9 cm³/mol. The van der Waals surface area contributed by atoms with Gasteiger partial charge >= 0.3 is 0 Å². The van der Waals surface area contributed by atoms with Gasteiger partial charge in [0.05, 0.1) is 12.5 Å². The summed E-state index contributed by atoms with van der Waals surface area (Å²) < 4.78 is 5.00. The van der Waals surface area contributed by atoms with Crippen LogP contribution in [0.25, 0.3) is 0 Å². The molecule has 0 aliphatic carbocycles. The van der Waals surface area contributed by atoms with Gasteiger partial charge in [-0.25, -0.2) is 0 Å². The van der Waals surface area contributed by atoms with Crippen LogP contribution in [-0.4, -0.2) is 64.3 Å². The molecule has 5 nitrogen and oxygen atoms in total. The molecule has 0 aromatic rings. The SMILES string of the molecule is COCCN(C)CCNC(=O)C1CNCC1C. The van der Waals surface area contributed by atoms with Crippen LogP contribution in [0.4, 0.5) is 0 Å². The lowest BCUT2D eigenvalue weighted by Crippen LogP contribution is -2.39. The Balaban J connectivity index is 2.11. The fourth-order valence-electron chi connectivity index (χ4n) is 2.02. The van der Waals surface area contributed by atoms with Gasteiger partial charge in [-0.2, -0.15) is 0 Å². The molecule has 0 saturated carbocycles. The Labute approximate surface area is 104 Å². The molecule has 0 aromatic heterocycles. The minimum absolute atomic E-state index is 0.138. The number of hydrogen-bond donors (Lipinski definition) is 2. The molecule has 5 heteroatoms. The number of likely N-dealkylation sites (N-methyl/N-ethyl adjacent to an activating group) is 1. The third-order valence-corrected chi connectivity index (χ3v) is 3.32. The molecule has 0 radical (unpaired) electrons. The predicted octanol–water partition coefficient (Wildman–Crippen LogP) is -0.464. The van der Waals surface area contributed by atoms with Crippen LogP contribution in [0, 0.1) is 11.8 Å². The second kappa shape index (κ2) is 7.63. The number of ether oxygens (including phenoxy) is 1. The van der Waals surface area contributed by atoms with Gasteiger partial charge in [0, 0.05) is 33.3 Å². The fourth-order valence-corrected chi connectivity index (χ4v) is 2.02. The van der Waals surface area contributed by atoms with E-state index < -0.39 is 0 Å². The average molecular weight is 243 g/mol. The van der Waals surface area contributed by atoms with Crippen LogP contribution in [0.1, 0.15) is 6.92 Å². The number of carbonyl (C=O) groups excluding carboxylic acids is 1. The first kappa shape index (κ1) is 14.4. The van der Waals surface area contributed by atoms with E-state index in [9.17, 15) is 4.79 Å². The van der Waals surface area contributed by atoms with Crippen molar-refractivity contribution < 1.29 is 9.53 Å². The zero-order valence-corrected chi connectivity index (χ0v) is 11.2. The van der Waals surface area contributed by atoms with Crippen LogP contribution in [0.3, 0.4) is 0 Å². The summed E-state index contributed by atoms with van der Waals surface area (Å²) in [5.41, 5.74) is 0. The first-order chi connectivity index (χ1) is 8.15. The van der Waals surface area contributed by atoms with E-state index in [0.29, 0.717) is 12.5 Å². The monoisotopic (exact) mass is 243 g/mol. The average Bonchev–Trinajstić information content (AvgIpc) is 2.72. The lowest BCUT2D eigenvalue weighted by Gasteiger charge is -2.18. The van der Waals surface area contributed by atoms with Crippen LogP contribution >= 0.6 is 0 Å². The molecule has 0 aromatic carbocycles. The fraction of sp³-hybridized carbons (Fsp3) is 0.917. The largest absolute Gasteiger partial charge is 0.383 e. The maximum Gasteiger partial charge on any atom is 0.224 e. The summed E-state index contributed by atoms with van der Waals surface area (Å²) in [5, 5.41) is 6.24. The Morgan fingerprint density at radius 3 is 2.82 bits per heavy atom. The van der Waals surface area contributed by atoms with E-state index in [1.54, 1.807) is 7.11 Å². The second-order valence-corrected chi connectivity index (χ2v) is 4.83. The Hall–Kier alpha value is -0.650. The van der Waals surface area contributed by atoms with Crippen molar-refractivity contribution in [2.45, 2.75) is 6.92 Å². The molecular weight excluding hydrogens is 218 g/mol. The van der Waals surface area contributed by atoms with Crippen molar-refractivity contribution in [1.82, 2.24) is 15.5 Å². The molecule has 17 heavy (non-hydrogen) atoms. The van der Waals surface area contributed by atoms with Crippen molar-refractivity contribution in [3.05, 3.63) is 0 Å². The van der Waals surface area contributed by atoms with Gasteiger partial charge in [0.15, 0.2) is 0 Å². The van der Waals surface area contributed by atoms with E-state index >= 15 is 0 Å². The molecular formula is C12H25N3O2. The Kier molecular flexibility index (Phi) is 6.47. The van der Waals surface area contributed by atoms with E-state index in [0.717, 1.165) is 32.8 Å². The molecule has 100 valence electrons. The summed E-state index contributed by atoms with van der Waals surface area (Å²) in [6.07, 6.45) is 0. The molecule has 0 spiro atoms. The van der Waals surface area contributed by atoms with E-state index in [4.69, 9.17) is 4.74 Å². The lowest BCUT2D eigenvalue weighted by molar-refractivity contribution is -0.125. The summed E-state index contributed by atoms with van der Waals surface area (Å²) in [5.74, 6) is 0.767. The summed E-state index contributed by atoms with van der Waals surface area (Å²) in [6.45, 7) is 7.08. The van der Waals surface area contributed by atoms with Crippen molar-refractivity contribution in [3.63, 3.8) is 0 Å².